The van der Waals surface area contributed by atoms with Crippen molar-refractivity contribution in [3.05, 3.63) is 0 Å². The first-order valence-electron chi connectivity index (χ1n) is 6.08. The number of ether oxygens (including phenoxy) is 3. The van der Waals surface area contributed by atoms with Crippen LogP contribution < -0.4 is 0 Å². The van der Waals surface area contributed by atoms with E-state index in [1.54, 1.807) is 0 Å². The molecule has 0 unspecified atom stereocenters. The van der Waals surface area contributed by atoms with Crippen molar-refractivity contribution in [2.75, 3.05) is 19.8 Å². The minimum atomic E-state index is 0.165. The zero-order chi connectivity index (χ0) is 10.8. The van der Waals surface area contributed by atoms with Gasteiger partial charge in [0, 0.05) is 12.5 Å². The largest absolute Gasteiger partial charge is 0.373 e. The minimum Gasteiger partial charge on any atom is -0.373 e. The molecule has 2 aliphatic heterocycles. The molecule has 0 amide bonds. The summed E-state index contributed by atoms with van der Waals surface area (Å²) in [4.78, 5) is 0. The highest BCUT2D eigenvalue weighted by Gasteiger charge is 2.48. The van der Waals surface area contributed by atoms with E-state index in [0.29, 0.717) is 18.4 Å². The van der Waals surface area contributed by atoms with Gasteiger partial charge < -0.3 is 14.2 Å². The molecule has 0 N–H and O–H groups in total. The van der Waals surface area contributed by atoms with Crippen LogP contribution in [-0.2, 0) is 14.2 Å². The molecule has 0 bridgehead atoms. The van der Waals surface area contributed by atoms with Crippen LogP contribution in [0.25, 0.3) is 0 Å². The molecule has 0 spiro atoms. The summed E-state index contributed by atoms with van der Waals surface area (Å²) in [5, 5.41) is 0. The Morgan fingerprint density at radius 3 is 2.60 bits per heavy atom. The zero-order valence-corrected chi connectivity index (χ0v) is 9.94. The Morgan fingerprint density at radius 2 is 1.93 bits per heavy atom. The second kappa shape index (κ2) is 4.81. The van der Waals surface area contributed by atoms with Crippen molar-refractivity contribution < 1.29 is 14.2 Å². The van der Waals surface area contributed by atoms with E-state index in [0.717, 1.165) is 19.6 Å². The molecule has 0 aliphatic carbocycles. The van der Waals surface area contributed by atoms with E-state index < -0.39 is 0 Å². The molecule has 0 saturated carbocycles. The summed E-state index contributed by atoms with van der Waals surface area (Å²) in [6.07, 6.45) is 1.68. The summed E-state index contributed by atoms with van der Waals surface area (Å²) in [5.41, 5.74) is 0. The van der Waals surface area contributed by atoms with E-state index in [2.05, 4.69) is 20.8 Å². The Kier molecular flexibility index (Phi) is 3.65. The lowest BCUT2D eigenvalue weighted by atomic mass is 9.90. The molecule has 15 heavy (non-hydrogen) atoms. The molecule has 2 aliphatic rings. The van der Waals surface area contributed by atoms with Gasteiger partial charge in [0.25, 0.3) is 0 Å². The molecule has 4 atom stereocenters. The lowest BCUT2D eigenvalue weighted by Gasteiger charge is -2.19. The lowest BCUT2D eigenvalue weighted by Crippen LogP contribution is -2.32. The van der Waals surface area contributed by atoms with Gasteiger partial charge in [0.1, 0.15) is 12.2 Å². The van der Waals surface area contributed by atoms with Crippen LogP contribution in [0.3, 0.4) is 0 Å². The molecule has 88 valence electrons. The smallest absolute Gasteiger partial charge is 0.112 e. The van der Waals surface area contributed by atoms with E-state index >= 15 is 0 Å². The molecule has 2 fully saturated rings. The Bertz CT molecular complexity index is 205. The SMILES string of the molecule is CCCO[C@H]1CO[C@H]2[C@@H]1OC[C@H]2C(C)C. The van der Waals surface area contributed by atoms with Crippen LogP contribution in [0.4, 0.5) is 0 Å². The quantitative estimate of drug-likeness (QED) is 0.715. The van der Waals surface area contributed by atoms with Crippen LogP contribution in [-0.4, -0.2) is 38.1 Å². The first-order chi connectivity index (χ1) is 7.24. The first-order valence-corrected chi connectivity index (χ1v) is 6.08. The second-order valence-corrected chi connectivity index (χ2v) is 4.91. The number of hydrogen-bond donors (Lipinski definition) is 0. The molecule has 0 radical (unpaired) electrons. The molecule has 2 heterocycles. The molecule has 3 nitrogen and oxygen atoms in total. The number of hydrogen-bond acceptors (Lipinski definition) is 3. The normalized spacial score (nSPS) is 40.0. The van der Waals surface area contributed by atoms with Crippen molar-refractivity contribution in [2.24, 2.45) is 11.8 Å². The average molecular weight is 214 g/mol. The predicted molar refractivity (Wildman–Crippen MR) is 57.8 cm³/mol. The van der Waals surface area contributed by atoms with Crippen LogP contribution in [0.2, 0.25) is 0 Å². The number of fused-ring (bicyclic) bond motifs is 1. The van der Waals surface area contributed by atoms with E-state index in [9.17, 15) is 0 Å². The third kappa shape index (κ3) is 2.19. The van der Waals surface area contributed by atoms with Gasteiger partial charge in [-0.25, -0.2) is 0 Å². The fourth-order valence-electron chi connectivity index (χ4n) is 2.48. The van der Waals surface area contributed by atoms with Gasteiger partial charge in [-0.3, -0.25) is 0 Å². The second-order valence-electron chi connectivity index (χ2n) is 4.91. The van der Waals surface area contributed by atoms with Crippen LogP contribution in [0.15, 0.2) is 0 Å². The predicted octanol–water partition coefficient (Wildman–Crippen LogP) is 1.85. The van der Waals surface area contributed by atoms with Crippen LogP contribution in [0.5, 0.6) is 0 Å². The van der Waals surface area contributed by atoms with E-state index in [1.165, 1.54) is 0 Å². The van der Waals surface area contributed by atoms with Crippen LogP contribution >= 0.6 is 0 Å². The van der Waals surface area contributed by atoms with Gasteiger partial charge in [-0.1, -0.05) is 20.8 Å². The standard InChI is InChI=1S/C12H22O3/c1-4-5-13-10-7-15-11-9(8(2)3)6-14-12(10)11/h8-12H,4-7H2,1-3H3/t9-,10-,11+,12+/m0/s1. The van der Waals surface area contributed by atoms with Gasteiger partial charge in [0.05, 0.1) is 19.3 Å². The lowest BCUT2D eigenvalue weighted by molar-refractivity contribution is -0.0330. The highest BCUT2D eigenvalue weighted by molar-refractivity contribution is 4.95. The van der Waals surface area contributed by atoms with Gasteiger partial charge in [0.2, 0.25) is 0 Å². The minimum absolute atomic E-state index is 0.165. The molecular weight excluding hydrogens is 192 g/mol. The maximum atomic E-state index is 5.81. The summed E-state index contributed by atoms with van der Waals surface area (Å²) in [7, 11) is 0. The van der Waals surface area contributed by atoms with Gasteiger partial charge in [-0.2, -0.15) is 0 Å². The van der Waals surface area contributed by atoms with E-state index in [-0.39, 0.29) is 18.3 Å². The van der Waals surface area contributed by atoms with Crippen molar-refractivity contribution in [1.29, 1.82) is 0 Å². The summed E-state index contributed by atoms with van der Waals surface area (Å²) in [6, 6.07) is 0. The average Bonchev–Trinajstić information content (AvgIpc) is 2.74. The summed E-state index contributed by atoms with van der Waals surface area (Å²) in [5.74, 6) is 1.18. The van der Waals surface area contributed by atoms with Crippen molar-refractivity contribution >= 4 is 0 Å². The van der Waals surface area contributed by atoms with E-state index in [1.807, 2.05) is 0 Å². The zero-order valence-electron chi connectivity index (χ0n) is 9.94. The van der Waals surface area contributed by atoms with Crippen molar-refractivity contribution in [1.82, 2.24) is 0 Å². The highest BCUT2D eigenvalue weighted by Crippen LogP contribution is 2.36. The van der Waals surface area contributed by atoms with Gasteiger partial charge >= 0.3 is 0 Å². The van der Waals surface area contributed by atoms with Gasteiger partial charge in [0.15, 0.2) is 0 Å². The van der Waals surface area contributed by atoms with Gasteiger partial charge in [-0.05, 0) is 12.3 Å². The Labute approximate surface area is 92.1 Å². The Balaban J connectivity index is 1.90. The monoisotopic (exact) mass is 214 g/mol. The van der Waals surface area contributed by atoms with Crippen LogP contribution in [0, 0.1) is 11.8 Å². The fourth-order valence-corrected chi connectivity index (χ4v) is 2.48. The third-order valence-corrected chi connectivity index (χ3v) is 3.44. The third-order valence-electron chi connectivity index (χ3n) is 3.44. The molecule has 0 aromatic rings. The molecule has 3 heteroatoms. The summed E-state index contributed by atoms with van der Waals surface area (Å²) in [6.45, 7) is 8.95. The molecule has 0 aromatic heterocycles. The van der Waals surface area contributed by atoms with E-state index in [4.69, 9.17) is 14.2 Å². The van der Waals surface area contributed by atoms with Gasteiger partial charge in [-0.15, -0.1) is 0 Å². The Morgan fingerprint density at radius 1 is 1.20 bits per heavy atom. The molecular formula is C12H22O3. The fraction of sp³-hybridized carbons (Fsp3) is 1.00. The molecule has 2 saturated heterocycles. The summed E-state index contributed by atoms with van der Waals surface area (Å²) < 4.78 is 17.4. The molecule has 2 rings (SSSR count). The molecule has 0 aromatic carbocycles. The first kappa shape index (κ1) is 11.4. The highest BCUT2D eigenvalue weighted by atomic mass is 16.6. The van der Waals surface area contributed by atoms with Crippen LogP contribution in [0.1, 0.15) is 27.2 Å². The topological polar surface area (TPSA) is 27.7 Å². The maximum absolute atomic E-state index is 5.81. The maximum Gasteiger partial charge on any atom is 0.112 e. The van der Waals surface area contributed by atoms with Crippen molar-refractivity contribution in [3.63, 3.8) is 0 Å². The summed E-state index contributed by atoms with van der Waals surface area (Å²) >= 11 is 0. The number of rotatable bonds is 4. The van der Waals surface area contributed by atoms with Crippen molar-refractivity contribution in [3.8, 4) is 0 Å². The van der Waals surface area contributed by atoms with Crippen molar-refractivity contribution in [2.45, 2.75) is 45.5 Å². The Hall–Kier alpha value is -0.120.